The van der Waals surface area contributed by atoms with E-state index in [-0.39, 0.29) is 11.7 Å². The molecule has 0 heterocycles. The van der Waals surface area contributed by atoms with Crippen LogP contribution in [0, 0.1) is 0 Å². The SMILES string of the molecule is C/C(=N\NC(=O)c1cccc(Cl)c1)c1cc(Br)cc(Br)c1O. The number of hydrogen-bond acceptors (Lipinski definition) is 3. The molecule has 2 aromatic rings. The number of benzene rings is 2. The Kier molecular flexibility index (Phi) is 5.61. The zero-order chi connectivity index (χ0) is 16.3. The number of carbonyl (C=O) groups is 1. The van der Waals surface area contributed by atoms with Gasteiger partial charge in [-0.15, -0.1) is 0 Å². The summed E-state index contributed by atoms with van der Waals surface area (Å²) in [7, 11) is 0. The van der Waals surface area contributed by atoms with Crippen LogP contribution in [0.2, 0.25) is 5.02 Å². The van der Waals surface area contributed by atoms with E-state index >= 15 is 0 Å². The van der Waals surface area contributed by atoms with Gasteiger partial charge in [0.2, 0.25) is 0 Å². The summed E-state index contributed by atoms with van der Waals surface area (Å²) in [6, 6.07) is 9.99. The van der Waals surface area contributed by atoms with E-state index in [0.29, 0.717) is 26.3 Å². The molecule has 22 heavy (non-hydrogen) atoms. The summed E-state index contributed by atoms with van der Waals surface area (Å²) in [6.45, 7) is 1.69. The molecular weight excluding hydrogens is 435 g/mol. The van der Waals surface area contributed by atoms with Gasteiger partial charge in [0.15, 0.2) is 0 Å². The van der Waals surface area contributed by atoms with Crippen LogP contribution in [0.4, 0.5) is 0 Å². The lowest BCUT2D eigenvalue weighted by molar-refractivity contribution is 0.0955. The van der Waals surface area contributed by atoms with E-state index in [9.17, 15) is 9.90 Å². The van der Waals surface area contributed by atoms with Gasteiger partial charge in [0.1, 0.15) is 5.75 Å². The largest absolute Gasteiger partial charge is 0.506 e. The first kappa shape index (κ1) is 17.0. The van der Waals surface area contributed by atoms with Crippen LogP contribution in [0.5, 0.6) is 5.75 Å². The lowest BCUT2D eigenvalue weighted by Gasteiger charge is -2.08. The molecule has 0 saturated heterocycles. The zero-order valence-corrected chi connectivity index (χ0v) is 15.3. The Balaban J connectivity index is 2.22. The lowest BCUT2D eigenvalue weighted by atomic mass is 10.1. The van der Waals surface area contributed by atoms with Gasteiger partial charge in [-0.1, -0.05) is 33.6 Å². The molecule has 0 spiro atoms. The van der Waals surface area contributed by atoms with Crippen LogP contribution in [0.3, 0.4) is 0 Å². The van der Waals surface area contributed by atoms with Crippen molar-refractivity contribution in [3.63, 3.8) is 0 Å². The summed E-state index contributed by atoms with van der Waals surface area (Å²) in [6.07, 6.45) is 0. The minimum atomic E-state index is -0.379. The summed E-state index contributed by atoms with van der Waals surface area (Å²) in [5, 5.41) is 14.5. The number of carbonyl (C=O) groups excluding carboxylic acids is 1. The Morgan fingerprint density at radius 1 is 1.27 bits per heavy atom. The number of nitrogens with zero attached hydrogens (tertiary/aromatic N) is 1. The second-order valence-corrected chi connectivity index (χ2v) is 6.64. The minimum absolute atomic E-state index is 0.0569. The van der Waals surface area contributed by atoms with Crippen molar-refractivity contribution in [2.24, 2.45) is 5.10 Å². The Labute approximate surface area is 149 Å². The maximum absolute atomic E-state index is 12.0. The molecule has 2 aromatic carbocycles. The van der Waals surface area contributed by atoms with Gasteiger partial charge in [-0.3, -0.25) is 4.79 Å². The highest BCUT2D eigenvalue weighted by atomic mass is 79.9. The van der Waals surface area contributed by atoms with Crippen molar-refractivity contribution in [3.05, 3.63) is 61.5 Å². The molecule has 0 radical (unpaired) electrons. The van der Waals surface area contributed by atoms with Crippen molar-refractivity contribution in [1.29, 1.82) is 0 Å². The van der Waals surface area contributed by atoms with Crippen LogP contribution >= 0.6 is 43.5 Å². The van der Waals surface area contributed by atoms with Gasteiger partial charge in [-0.25, -0.2) is 5.43 Å². The maximum atomic E-state index is 12.0. The Morgan fingerprint density at radius 2 is 2.00 bits per heavy atom. The van der Waals surface area contributed by atoms with Crippen LogP contribution in [0.15, 0.2) is 50.4 Å². The number of hydrazone groups is 1. The number of phenolic OH excluding ortho intramolecular Hbond substituents is 1. The van der Waals surface area contributed by atoms with Crippen molar-refractivity contribution in [2.45, 2.75) is 6.92 Å². The average molecular weight is 447 g/mol. The van der Waals surface area contributed by atoms with Gasteiger partial charge in [0.25, 0.3) is 5.91 Å². The fourth-order valence-electron chi connectivity index (χ4n) is 1.73. The van der Waals surface area contributed by atoms with E-state index in [4.69, 9.17) is 11.6 Å². The van der Waals surface area contributed by atoms with E-state index in [1.165, 1.54) is 0 Å². The van der Waals surface area contributed by atoms with Crippen molar-refractivity contribution in [2.75, 3.05) is 0 Å². The number of amides is 1. The monoisotopic (exact) mass is 444 g/mol. The highest BCUT2D eigenvalue weighted by molar-refractivity contribution is 9.11. The molecule has 2 rings (SSSR count). The van der Waals surface area contributed by atoms with E-state index in [0.717, 1.165) is 4.47 Å². The Hall–Kier alpha value is -1.37. The van der Waals surface area contributed by atoms with Crippen molar-refractivity contribution in [1.82, 2.24) is 5.43 Å². The van der Waals surface area contributed by atoms with E-state index in [1.807, 2.05) is 0 Å². The number of halogens is 3. The van der Waals surface area contributed by atoms with E-state index in [1.54, 1.807) is 43.3 Å². The molecule has 2 N–H and O–H groups in total. The maximum Gasteiger partial charge on any atom is 0.271 e. The second kappa shape index (κ2) is 7.26. The van der Waals surface area contributed by atoms with Gasteiger partial charge in [0.05, 0.1) is 10.2 Å². The molecule has 1 amide bonds. The highest BCUT2D eigenvalue weighted by Crippen LogP contribution is 2.32. The summed E-state index contributed by atoms with van der Waals surface area (Å²) < 4.78 is 1.32. The smallest absolute Gasteiger partial charge is 0.271 e. The van der Waals surface area contributed by atoms with Crippen LogP contribution in [-0.2, 0) is 0 Å². The molecule has 0 saturated carbocycles. The highest BCUT2D eigenvalue weighted by Gasteiger charge is 2.11. The fourth-order valence-corrected chi connectivity index (χ4v) is 3.15. The summed E-state index contributed by atoms with van der Waals surface area (Å²) in [5.41, 5.74) is 3.82. The molecular formula is C15H11Br2ClN2O2. The van der Waals surface area contributed by atoms with Crippen molar-refractivity contribution < 1.29 is 9.90 Å². The van der Waals surface area contributed by atoms with Crippen LogP contribution < -0.4 is 5.43 Å². The Bertz CT molecular complexity index is 763. The van der Waals surface area contributed by atoms with Gasteiger partial charge in [-0.2, -0.15) is 5.10 Å². The minimum Gasteiger partial charge on any atom is -0.506 e. The molecule has 0 fully saturated rings. The molecule has 0 unspecified atom stereocenters. The molecule has 0 atom stereocenters. The van der Waals surface area contributed by atoms with E-state index < -0.39 is 0 Å². The van der Waals surface area contributed by atoms with Crippen LogP contribution in [-0.4, -0.2) is 16.7 Å². The normalized spacial score (nSPS) is 11.4. The third kappa shape index (κ3) is 4.09. The first-order valence-corrected chi connectivity index (χ1v) is 8.13. The summed E-state index contributed by atoms with van der Waals surface area (Å²) in [4.78, 5) is 12.0. The molecule has 4 nitrogen and oxygen atoms in total. The third-order valence-corrected chi connectivity index (χ3v) is 4.13. The van der Waals surface area contributed by atoms with Crippen LogP contribution in [0.1, 0.15) is 22.8 Å². The Morgan fingerprint density at radius 3 is 2.68 bits per heavy atom. The number of rotatable bonds is 3. The van der Waals surface area contributed by atoms with Crippen LogP contribution in [0.25, 0.3) is 0 Å². The zero-order valence-electron chi connectivity index (χ0n) is 11.4. The number of nitrogens with one attached hydrogen (secondary N) is 1. The first-order chi connectivity index (χ1) is 10.4. The fraction of sp³-hybridized carbons (Fsp3) is 0.0667. The molecule has 7 heteroatoms. The predicted octanol–water partition coefficient (Wildman–Crippen LogP) is 4.72. The molecule has 0 bridgehead atoms. The predicted molar refractivity (Wildman–Crippen MR) is 94.6 cm³/mol. The number of phenols is 1. The number of hydrogen-bond donors (Lipinski definition) is 2. The number of aromatic hydroxyl groups is 1. The third-order valence-electron chi connectivity index (χ3n) is 2.83. The molecule has 0 aromatic heterocycles. The first-order valence-electron chi connectivity index (χ1n) is 6.17. The lowest BCUT2D eigenvalue weighted by Crippen LogP contribution is -2.19. The molecule has 114 valence electrons. The molecule has 0 aliphatic carbocycles. The van der Waals surface area contributed by atoms with Gasteiger partial charge in [0, 0.05) is 20.6 Å². The quantitative estimate of drug-likeness (QED) is 0.529. The van der Waals surface area contributed by atoms with Gasteiger partial charge < -0.3 is 5.11 Å². The topological polar surface area (TPSA) is 61.7 Å². The summed E-state index contributed by atoms with van der Waals surface area (Å²) >= 11 is 12.4. The average Bonchev–Trinajstić information content (AvgIpc) is 2.48. The standard InChI is InChI=1S/C15H11Br2ClN2O2/c1-8(12-6-10(16)7-13(17)14(12)21)19-20-15(22)9-3-2-4-11(18)5-9/h2-7,21H,1H3,(H,20,22)/b19-8+. The van der Waals surface area contributed by atoms with Crippen molar-refractivity contribution >= 4 is 55.1 Å². The molecule has 0 aliphatic heterocycles. The van der Waals surface area contributed by atoms with Crippen molar-refractivity contribution in [3.8, 4) is 5.75 Å². The van der Waals surface area contributed by atoms with E-state index in [2.05, 4.69) is 42.4 Å². The van der Waals surface area contributed by atoms with Gasteiger partial charge >= 0.3 is 0 Å². The molecule has 0 aliphatic rings. The second-order valence-electron chi connectivity index (χ2n) is 4.43. The summed E-state index contributed by atoms with van der Waals surface area (Å²) in [5.74, 6) is -0.322. The van der Waals surface area contributed by atoms with Gasteiger partial charge in [-0.05, 0) is 53.2 Å².